The van der Waals surface area contributed by atoms with Crippen molar-refractivity contribution in [3.05, 3.63) is 131 Å². The second-order valence-electron chi connectivity index (χ2n) is 8.66. The normalized spacial score (nSPS) is 11.7. The Bertz CT molecular complexity index is 1370. The van der Waals surface area contributed by atoms with Gasteiger partial charge >= 0.3 is 0 Å². The first-order valence-corrected chi connectivity index (χ1v) is 11.5. The number of hydrogen-bond donors (Lipinski definition) is 0. The Morgan fingerprint density at radius 3 is 1.68 bits per heavy atom. The molecule has 5 rings (SSSR count). The quantitative estimate of drug-likeness (QED) is 0.296. The molecule has 4 aromatic heterocycles. The molecule has 34 heavy (non-hydrogen) atoms. The fraction of sp³-hybridized carbons (Fsp3) is 0.133. The maximum absolute atomic E-state index is 5.12. The van der Waals surface area contributed by atoms with Gasteiger partial charge in [0.2, 0.25) is 0 Å². The van der Waals surface area contributed by atoms with E-state index in [9.17, 15) is 0 Å². The van der Waals surface area contributed by atoms with E-state index in [-0.39, 0.29) is 0 Å². The molecule has 0 aliphatic heterocycles. The highest BCUT2D eigenvalue weighted by atomic mass is 15.1. The molecule has 0 saturated heterocycles. The van der Waals surface area contributed by atoms with E-state index in [4.69, 9.17) is 9.97 Å². The van der Waals surface area contributed by atoms with Crippen molar-refractivity contribution >= 4 is 11.6 Å². The number of pyridine rings is 2. The highest BCUT2D eigenvalue weighted by Gasteiger charge is 2.16. The number of hydrogen-bond acceptors (Lipinski definition) is 2. The Labute approximate surface area is 200 Å². The van der Waals surface area contributed by atoms with Gasteiger partial charge < -0.3 is 9.13 Å². The van der Waals surface area contributed by atoms with Gasteiger partial charge in [-0.2, -0.15) is 0 Å². The minimum atomic E-state index is 0.898. The van der Waals surface area contributed by atoms with Gasteiger partial charge in [0.1, 0.15) is 11.6 Å². The van der Waals surface area contributed by atoms with E-state index in [0.717, 1.165) is 56.8 Å². The number of nitrogens with zero attached hydrogens (tertiary/aromatic N) is 4. The zero-order chi connectivity index (χ0) is 23.7. The van der Waals surface area contributed by atoms with Crippen LogP contribution in [0.2, 0.25) is 0 Å². The lowest BCUT2D eigenvalue weighted by atomic mass is 9.99. The van der Waals surface area contributed by atoms with Crippen molar-refractivity contribution in [1.29, 1.82) is 0 Å². The first-order valence-electron chi connectivity index (χ1n) is 11.5. The van der Waals surface area contributed by atoms with Crippen molar-refractivity contribution in [2.45, 2.75) is 27.7 Å². The van der Waals surface area contributed by atoms with Crippen LogP contribution in [-0.4, -0.2) is 19.1 Å². The van der Waals surface area contributed by atoms with E-state index in [1.165, 1.54) is 0 Å². The van der Waals surface area contributed by atoms with E-state index < -0.39 is 0 Å². The summed E-state index contributed by atoms with van der Waals surface area (Å²) in [5.41, 5.74) is 8.80. The lowest BCUT2D eigenvalue weighted by Crippen LogP contribution is -2.09. The van der Waals surface area contributed by atoms with Crippen LogP contribution in [0.15, 0.2) is 91.1 Å². The Kier molecular flexibility index (Phi) is 5.72. The van der Waals surface area contributed by atoms with Crippen molar-refractivity contribution in [2.75, 3.05) is 0 Å². The Balaban J connectivity index is 1.80. The van der Waals surface area contributed by atoms with Gasteiger partial charge in [0.05, 0.1) is 5.69 Å². The molecule has 4 heterocycles. The predicted molar refractivity (Wildman–Crippen MR) is 139 cm³/mol. The molecule has 5 aromatic rings. The number of aromatic nitrogens is 4. The summed E-state index contributed by atoms with van der Waals surface area (Å²) in [4.78, 5) is 9.83. The zero-order valence-corrected chi connectivity index (χ0v) is 20.0. The fourth-order valence-corrected chi connectivity index (χ4v) is 4.49. The third kappa shape index (κ3) is 4.11. The van der Waals surface area contributed by atoms with E-state index in [1.807, 2.05) is 24.4 Å². The SMILES string of the molecule is Cc1ccc(C)n1-c1cc(C(=Cc2ccccc2)c2ccccn2)cc(-n2c(C)ccc2C)n1. The van der Waals surface area contributed by atoms with Gasteiger partial charge in [-0.15, -0.1) is 0 Å². The van der Waals surface area contributed by atoms with Crippen molar-refractivity contribution < 1.29 is 0 Å². The molecule has 0 saturated carbocycles. The third-order valence-electron chi connectivity index (χ3n) is 6.16. The van der Waals surface area contributed by atoms with Gasteiger partial charge in [0.25, 0.3) is 0 Å². The summed E-state index contributed by atoms with van der Waals surface area (Å²) < 4.78 is 4.42. The molecule has 0 N–H and O–H groups in total. The summed E-state index contributed by atoms with van der Waals surface area (Å²) in [5, 5.41) is 0. The largest absolute Gasteiger partial charge is 0.303 e. The van der Waals surface area contributed by atoms with E-state index in [2.05, 4.69) is 110 Å². The smallest absolute Gasteiger partial charge is 0.140 e. The molecule has 0 atom stereocenters. The van der Waals surface area contributed by atoms with Crippen molar-refractivity contribution in [3.8, 4) is 11.6 Å². The van der Waals surface area contributed by atoms with Crippen LogP contribution in [0.3, 0.4) is 0 Å². The van der Waals surface area contributed by atoms with Crippen LogP contribution in [-0.2, 0) is 0 Å². The third-order valence-corrected chi connectivity index (χ3v) is 6.16. The Hall–Kier alpha value is -4.18. The van der Waals surface area contributed by atoms with Crippen LogP contribution in [0.5, 0.6) is 0 Å². The average Bonchev–Trinajstić information content (AvgIpc) is 3.38. The molecule has 1 aromatic carbocycles. The summed E-state index contributed by atoms with van der Waals surface area (Å²) in [7, 11) is 0. The lowest BCUT2D eigenvalue weighted by molar-refractivity contribution is 0.872. The molecule has 4 nitrogen and oxygen atoms in total. The lowest BCUT2D eigenvalue weighted by Gasteiger charge is -2.17. The van der Waals surface area contributed by atoms with Crippen molar-refractivity contribution in [2.24, 2.45) is 0 Å². The summed E-state index contributed by atoms with van der Waals surface area (Å²) >= 11 is 0. The van der Waals surface area contributed by atoms with Crippen molar-refractivity contribution in [3.63, 3.8) is 0 Å². The average molecular weight is 445 g/mol. The van der Waals surface area contributed by atoms with E-state index in [1.54, 1.807) is 0 Å². The second kappa shape index (κ2) is 8.99. The first kappa shape index (κ1) is 21.7. The zero-order valence-electron chi connectivity index (χ0n) is 20.0. The monoisotopic (exact) mass is 444 g/mol. The van der Waals surface area contributed by atoms with Gasteiger partial charge in [0, 0.05) is 34.5 Å². The Morgan fingerprint density at radius 1 is 0.647 bits per heavy atom. The van der Waals surface area contributed by atoms with Gasteiger partial charge in [-0.3, -0.25) is 4.98 Å². The molecule has 0 bridgehead atoms. The van der Waals surface area contributed by atoms with Gasteiger partial charge in [-0.1, -0.05) is 36.4 Å². The highest BCUT2D eigenvalue weighted by Crippen LogP contribution is 2.29. The van der Waals surface area contributed by atoms with Gasteiger partial charge in [-0.05, 0) is 93.4 Å². The first-order chi connectivity index (χ1) is 16.5. The molecule has 0 aliphatic rings. The molecular formula is C30H28N4. The minimum Gasteiger partial charge on any atom is -0.303 e. The molecule has 0 aliphatic carbocycles. The standard InChI is InChI=1S/C30H28N4/c1-21-13-14-22(2)33(21)29-19-26(20-30(32-29)34-23(3)15-16-24(34)4)27(28-12-8-9-17-31-28)18-25-10-6-5-7-11-25/h5-20H,1-4H3. The molecule has 0 unspecified atom stereocenters. The van der Waals surface area contributed by atoms with Crippen LogP contribution >= 0.6 is 0 Å². The molecule has 0 fully saturated rings. The minimum absolute atomic E-state index is 0.898. The summed E-state index contributed by atoms with van der Waals surface area (Å²) in [6.07, 6.45) is 4.05. The highest BCUT2D eigenvalue weighted by molar-refractivity contribution is 5.90. The van der Waals surface area contributed by atoms with Crippen LogP contribution in [0.4, 0.5) is 0 Å². The van der Waals surface area contributed by atoms with Crippen LogP contribution < -0.4 is 0 Å². The second-order valence-corrected chi connectivity index (χ2v) is 8.66. The maximum Gasteiger partial charge on any atom is 0.140 e. The molecule has 0 amide bonds. The summed E-state index contributed by atoms with van der Waals surface area (Å²) in [6.45, 7) is 8.47. The molecule has 168 valence electrons. The number of benzene rings is 1. The van der Waals surface area contributed by atoms with E-state index in [0.29, 0.717) is 0 Å². The van der Waals surface area contributed by atoms with Gasteiger partial charge in [0.15, 0.2) is 0 Å². The molecule has 4 heteroatoms. The predicted octanol–water partition coefficient (Wildman–Crippen LogP) is 6.88. The van der Waals surface area contributed by atoms with Crippen molar-refractivity contribution in [1.82, 2.24) is 19.1 Å². The fourth-order valence-electron chi connectivity index (χ4n) is 4.49. The number of rotatable bonds is 5. The number of aryl methyl sites for hydroxylation is 4. The Morgan fingerprint density at radius 2 is 1.18 bits per heavy atom. The summed E-state index contributed by atoms with van der Waals surface area (Å²) in [5.74, 6) is 1.80. The molecular weight excluding hydrogens is 416 g/mol. The molecule has 0 spiro atoms. The maximum atomic E-state index is 5.12. The van der Waals surface area contributed by atoms with Crippen LogP contribution in [0, 0.1) is 27.7 Å². The van der Waals surface area contributed by atoms with E-state index >= 15 is 0 Å². The van der Waals surface area contributed by atoms with Crippen LogP contribution in [0.25, 0.3) is 23.3 Å². The van der Waals surface area contributed by atoms with Gasteiger partial charge in [-0.25, -0.2) is 4.98 Å². The van der Waals surface area contributed by atoms with Crippen LogP contribution in [0.1, 0.15) is 39.6 Å². The summed E-state index contributed by atoms with van der Waals surface area (Å²) in [6, 6.07) is 29.3. The topological polar surface area (TPSA) is 35.6 Å². The molecule has 0 radical (unpaired) electrons.